The molecule has 1 aromatic heterocycles. The Morgan fingerprint density at radius 1 is 1.43 bits per heavy atom. The van der Waals surface area contributed by atoms with Gasteiger partial charge in [-0.2, -0.15) is 0 Å². The average molecular weight is 291 g/mol. The van der Waals surface area contributed by atoms with Crippen molar-refractivity contribution in [2.75, 3.05) is 26.7 Å². The first-order valence-corrected chi connectivity index (χ1v) is 7.21. The first kappa shape index (κ1) is 15.4. The van der Waals surface area contributed by atoms with E-state index >= 15 is 0 Å². The number of hydrogen-bond acceptors (Lipinski definition) is 4. The van der Waals surface area contributed by atoms with Gasteiger partial charge in [0.25, 0.3) is 5.91 Å². The van der Waals surface area contributed by atoms with Crippen molar-refractivity contribution in [3.63, 3.8) is 0 Å². The lowest BCUT2D eigenvalue weighted by Gasteiger charge is -2.36. The molecule has 2 heterocycles. The predicted molar refractivity (Wildman–Crippen MR) is 78.4 cm³/mol. The summed E-state index contributed by atoms with van der Waals surface area (Å²) in [6.07, 6.45) is 3.27. The fraction of sp³-hybridized carbons (Fsp3) is 0.533. The number of rotatable bonds is 4. The molecule has 0 bridgehead atoms. The molecule has 1 aliphatic heterocycles. The lowest BCUT2D eigenvalue weighted by Crippen LogP contribution is -2.45. The number of carboxylic acid groups (broad SMARTS) is 1. The van der Waals surface area contributed by atoms with Gasteiger partial charge in [0.1, 0.15) is 5.69 Å². The summed E-state index contributed by atoms with van der Waals surface area (Å²) in [6, 6.07) is 3.11. The molecular formula is C15H21N3O3. The van der Waals surface area contributed by atoms with E-state index < -0.39 is 5.97 Å². The zero-order chi connectivity index (χ0) is 15.4. The van der Waals surface area contributed by atoms with E-state index in [4.69, 9.17) is 5.11 Å². The van der Waals surface area contributed by atoms with Gasteiger partial charge in [-0.3, -0.25) is 4.79 Å². The first-order chi connectivity index (χ1) is 10.0. The molecule has 0 saturated carbocycles. The zero-order valence-electron chi connectivity index (χ0n) is 12.5. The van der Waals surface area contributed by atoms with E-state index in [1.807, 2.05) is 0 Å². The van der Waals surface area contributed by atoms with E-state index in [9.17, 15) is 9.59 Å². The van der Waals surface area contributed by atoms with E-state index in [2.05, 4.69) is 16.8 Å². The summed E-state index contributed by atoms with van der Waals surface area (Å²) < 4.78 is 0. The first-order valence-electron chi connectivity index (χ1n) is 7.21. The van der Waals surface area contributed by atoms with Crippen LogP contribution >= 0.6 is 0 Å². The molecule has 21 heavy (non-hydrogen) atoms. The fourth-order valence-corrected chi connectivity index (χ4v) is 2.67. The molecule has 0 aromatic carbocycles. The molecule has 0 spiro atoms. The van der Waals surface area contributed by atoms with Gasteiger partial charge in [-0.1, -0.05) is 6.92 Å². The van der Waals surface area contributed by atoms with Crippen molar-refractivity contribution in [2.45, 2.75) is 25.8 Å². The van der Waals surface area contributed by atoms with Crippen LogP contribution in [0.2, 0.25) is 0 Å². The van der Waals surface area contributed by atoms with Crippen molar-refractivity contribution in [1.29, 1.82) is 0 Å². The van der Waals surface area contributed by atoms with Crippen LogP contribution in [-0.2, 0) is 0 Å². The normalized spacial score (nSPS) is 16.7. The van der Waals surface area contributed by atoms with Crippen molar-refractivity contribution in [3.05, 3.63) is 29.6 Å². The summed E-state index contributed by atoms with van der Waals surface area (Å²) in [5.74, 6) is -1.27. The Hall–Kier alpha value is -1.95. The quantitative estimate of drug-likeness (QED) is 0.906. The molecule has 1 amide bonds. The maximum atomic E-state index is 12.5. The minimum atomic E-state index is -1.12. The van der Waals surface area contributed by atoms with Crippen LogP contribution in [-0.4, -0.2) is 64.5 Å². The zero-order valence-corrected chi connectivity index (χ0v) is 12.5. The van der Waals surface area contributed by atoms with Gasteiger partial charge in [0.05, 0.1) is 0 Å². The second-order valence-electron chi connectivity index (χ2n) is 5.32. The van der Waals surface area contributed by atoms with Crippen LogP contribution in [0.3, 0.4) is 0 Å². The maximum Gasteiger partial charge on any atom is 0.354 e. The number of carboxylic acids is 1. The van der Waals surface area contributed by atoms with Crippen molar-refractivity contribution in [3.8, 4) is 0 Å². The smallest absolute Gasteiger partial charge is 0.354 e. The SMILES string of the molecule is CCN1CCC(N(C)C(=O)c2ccnc(C(=O)O)c2)CC1. The number of likely N-dealkylation sites (tertiary alicyclic amines) is 1. The molecule has 0 atom stereocenters. The van der Waals surface area contributed by atoms with Gasteiger partial charge in [-0.05, 0) is 31.5 Å². The second-order valence-corrected chi connectivity index (χ2v) is 5.32. The van der Waals surface area contributed by atoms with Gasteiger partial charge >= 0.3 is 5.97 Å². The molecule has 0 aliphatic carbocycles. The van der Waals surface area contributed by atoms with Crippen molar-refractivity contribution < 1.29 is 14.7 Å². The highest BCUT2D eigenvalue weighted by atomic mass is 16.4. The van der Waals surface area contributed by atoms with E-state index in [-0.39, 0.29) is 17.6 Å². The van der Waals surface area contributed by atoms with Crippen LogP contribution < -0.4 is 0 Å². The van der Waals surface area contributed by atoms with Gasteiger partial charge in [0, 0.05) is 37.9 Å². The third-order valence-corrected chi connectivity index (χ3v) is 4.10. The van der Waals surface area contributed by atoms with Crippen LogP contribution in [0.4, 0.5) is 0 Å². The lowest BCUT2D eigenvalue weighted by atomic mass is 10.0. The standard InChI is InChI=1S/C15H21N3O3/c1-3-18-8-5-12(6-9-18)17(2)14(19)11-4-7-16-13(10-11)15(20)21/h4,7,10,12H,3,5-6,8-9H2,1-2H3,(H,20,21). The third-order valence-electron chi connectivity index (χ3n) is 4.10. The molecular weight excluding hydrogens is 270 g/mol. The third kappa shape index (κ3) is 3.58. The molecule has 2 rings (SSSR count). The van der Waals surface area contributed by atoms with Crippen LogP contribution in [0.1, 0.15) is 40.6 Å². The highest BCUT2D eigenvalue weighted by Gasteiger charge is 2.25. The summed E-state index contributed by atoms with van der Waals surface area (Å²) in [7, 11) is 1.79. The second kappa shape index (κ2) is 6.67. The van der Waals surface area contributed by atoms with Gasteiger partial charge < -0.3 is 14.9 Å². The van der Waals surface area contributed by atoms with Crippen LogP contribution in [0.15, 0.2) is 18.3 Å². The van der Waals surface area contributed by atoms with E-state index in [1.165, 1.54) is 12.3 Å². The number of hydrogen-bond donors (Lipinski definition) is 1. The van der Waals surface area contributed by atoms with Crippen molar-refractivity contribution in [2.24, 2.45) is 0 Å². The Bertz CT molecular complexity index is 525. The average Bonchev–Trinajstić information content (AvgIpc) is 2.53. The van der Waals surface area contributed by atoms with Gasteiger partial charge in [-0.15, -0.1) is 0 Å². The number of piperidine rings is 1. The maximum absolute atomic E-state index is 12.5. The fourth-order valence-electron chi connectivity index (χ4n) is 2.67. The predicted octanol–water partition coefficient (Wildman–Crippen LogP) is 1.34. The Balaban J connectivity index is 2.06. The summed E-state index contributed by atoms with van der Waals surface area (Å²) in [4.78, 5) is 31.2. The molecule has 1 aliphatic rings. The number of carbonyl (C=O) groups is 2. The Morgan fingerprint density at radius 2 is 2.10 bits per heavy atom. The highest BCUT2D eigenvalue weighted by Crippen LogP contribution is 2.17. The topological polar surface area (TPSA) is 73.7 Å². The molecule has 1 fully saturated rings. The van der Waals surface area contributed by atoms with Gasteiger partial charge in [0.2, 0.25) is 0 Å². The summed E-state index contributed by atoms with van der Waals surface area (Å²) in [5, 5.41) is 8.94. The molecule has 0 radical (unpaired) electrons. The van der Waals surface area contributed by atoms with E-state index in [0.717, 1.165) is 32.5 Å². The minimum Gasteiger partial charge on any atom is -0.477 e. The Kier molecular flexibility index (Phi) is 4.90. The molecule has 6 heteroatoms. The number of carbonyl (C=O) groups excluding carboxylic acids is 1. The van der Waals surface area contributed by atoms with E-state index in [1.54, 1.807) is 18.0 Å². The molecule has 1 N–H and O–H groups in total. The molecule has 1 saturated heterocycles. The monoisotopic (exact) mass is 291 g/mol. The number of aromatic carboxylic acids is 1. The lowest BCUT2D eigenvalue weighted by molar-refractivity contribution is 0.0646. The molecule has 114 valence electrons. The van der Waals surface area contributed by atoms with Crippen LogP contribution in [0.5, 0.6) is 0 Å². The molecule has 1 aromatic rings. The van der Waals surface area contributed by atoms with Crippen LogP contribution in [0, 0.1) is 0 Å². The minimum absolute atomic E-state index is 0.102. The molecule has 6 nitrogen and oxygen atoms in total. The van der Waals surface area contributed by atoms with E-state index in [0.29, 0.717) is 5.56 Å². The summed E-state index contributed by atoms with van der Waals surface area (Å²) in [5.41, 5.74) is 0.276. The Morgan fingerprint density at radius 3 is 2.67 bits per heavy atom. The van der Waals surface area contributed by atoms with Crippen molar-refractivity contribution >= 4 is 11.9 Å². The molecule has 0 unspecified atom stereocenters. The Labute approximate surface area is 124 Å². The highest BCUT2D eigenvalue weighted by molar-refractivity contribution is 5.96. The summed E-state index contributed by atoms with van der Waals surface area (Å²) >= 11 is 0. The number of aromatic nitrogens is 1. The van der Waals surface area contributed by atoms with Gasteiger partial charge in [-0.25, -0.2) is 9.78 Å². The number of pyridine rings is 1. The number of amides is 1. The largest absolute Gasteiger partial charge is 0.477 e. The van der Waals surface area contributed by atoms with Crippen molar-refractivity contribution in [1.82, 2.24) is 14.8 Å². The number of nitrogens with zero attached hydrogens (tertiary/aromatic N) is 3. The van der Waals surface area contributed by atoms with Crippen LogP contribution in [0.25, 0.3) is 0 Å². The van der Waals surface area contributed by atoms with Gasteiger partial charge in [0.15, 0.2) is 0 Å². The summed E-state index contributed by atoms with van der Waals surface area (Å²) in [6.45, 7) is 5.17.